The van der Waals surface area contributed by atoms with E-state index in [0.717, 1.165) is 37.1 Å². The molecule has 0 bridgehead atoms. The zero-order chi connectivity index (χ0) is 21.1. The average molecular weight is 405 g/mol. The fourth-order valence-electron chi connectivity index (χ4n) is 3.85. The number of nitrogens with one attached hydrogen (secondary N) is 1. The molecule has 1 fully saturated rings. The second-order valence-corrected chi connectivity index (χ2v) is 7.88. The Bertz CT molecular complexity index is 1020. The van der Waals surface area contributed by atoms with Gasteiger partial charge in [-0.05, 0) is 69.0 Å². The summed E-state index contributed by atoms with van der Waals surface area (Å²) in [6, 6.07) is 17.4. The third-order valence-electron chi connectivity index (χ3n) is 5.56. The molecule has 4 N–H and O–H groups in total. The van der Waals surface area contributed by atoms with Gasteiger partial charge in [-0.25, -0.2) is 0 Å². The van der Waals surface area contributed by atoms with E-state index >= 15 is 0 Å². The molecule has 1 heterocycles. The molecule has 2 aromatic carbocycles. The summed E-state index contributed by atoms with van der Waals surface area (Å²) in [7, 11) is 0. The van der Waals surface area contributed by atoms with E-state index in [9.17, 15) is 9.90 Å². The minimum absolute atomic E-state index is 0.203. The van der Waals surface area contributed by atoms with Gasteiger partial charge < -0.3 is 20.9 Å². The Labute approximate surface area is 176 Å². The molecule has 6 nitrogen and oxygen atoms in total. The third-order valence-corrected chi connectivity index (χ3v) is 5.56. The Morgan fingerprint density at radius 1 is 1.10 bits per heavy atom. The number of nitrogens with zero attached hydrogens (tertiary/aromatic N) is 1. The van der Waals surface area contributed by atoms with Gasteiger partial charge in [0.1, 0.15) is 5.75 Å². The predicted octanol–water partition coefficient (Wildman–Crippen LogP) is 4.39. The van der Waals surface area contributed by atoms with Crippen LogP contribution in [0.5, 0.6) is 11.6 Å². The van der Waals surface area contributed by atoms with E-state index < -0.39 is 5.91 Å². The molecule has 1 amide bonds. The lowest BCUT2D eigenvalue weighted by Gasteiger charge is -2.28. The fourth-order valence-corrected chi connectivity index (χ4v) is 3.85. The third kappa shape index (κ3) is 4.49. The van der Waals surface area contributed by atoms with Gasteiger partial charge in [0, 0.05) is 24.0 Å². The number of aliphatic hydroxyl groups is 1. The molecule has 0 saturated heterocycles. The molecule has 30 heavy (non-hydrogen) atoms. The van der Waals surface area contributed by atoms with Crippen LogP contribution in [0.25, 0.3) is 5.69 Å². The lowest BCUT2D eigenvalue weighted by atomic mass is 9.92. The van der Waals surface area contributed by atoms with Crippen molar-refractivity contribution in [2.45, 2.75) is 44.8 Å². The first kappa shape index (κ1) is 20.0. The van der Waals surface area contributed by atoms with Crippen LogP contribution in [0, 0.1) is 6.92 Å². The summed E-state index contributed by atoms with van der Waals surface area (Å²) >= 11 is 0. The number of rotatable bonds is 6. The van der Waals surface area contributed by atoms with Crippen molar-refractivity contribution in [3.8, 4) is 17.3 Å². The quantitative estimate of drug-likeness (QED) is 0.567. The van der Waals surface area contributed by atoms with Crippen molar-refractivity contribution in [3.63, 3.8) is 0 Å². The number of ether oxygens (including phenoxy) is 1. The highest BCUT2D eigenvalue weighted by Gasteiger charge is 2.21. The SMILES string of the molecule is Cc1ccc(Oc2cccn2-c2ccc(C(N)=O)c(NC3CCC(O)CC3)c2)cc1. The van der Waals surface area contributed by atoms with Crippen LogP contribution in [-0.2, 0) is 0 Å². The van der Waals surface area contributed by atoms with Gasteiger partial charge in [-0.2, -0.15) is 0 Å². The predicted molar refractivity (Wildman–Crippen MR) is 117 cm³/mol. The minimum Gasteiger partial charge on any atom is -0.440 e. The number of aryl methyl sites for hydroxylation is 1. The number of benzene rings is 2. The molecule has 0 unspecified atom stereocenters. The Morgan fingerprint density at radius 2 is 1.83 bits per heavy atom. The maximum atomic E-state index is 12.0. The monoisotopic (exact) mass is 405 g/mol. The number of anilines is 1. The van der Waals surface area contributed by atoms with Crippen molar-refractivity contribution in [3.05, 3.63) is 71.9 Å². The molecule has 0 spiro atoms. The van der Waals surface area contributed by atoms with Crippen LogP contribution in [0.4, 0.5) is 5.69 Å². The molecule has 156 valence electrons. The largest absolute Gasteiger partial charge is 0.440 e. The average Bonchev–Trinajstić information content (AvgIpc) is 3.19. The number of hydrogen-bond donors (Lipinski definition) is 3. The zero-order valence-corrected chi connectivity index (χ0v) is 17.0. The van der Waals surface area contributed by atoms with E-state index in [0.29, 0.717) is 17.1 Å². The molecule has 0 atom stereocenters. The van der Waals surface area contributed by atoms with Crippen LogP contribution < -0.4 is 15.8 Å². The normalized spacial score (nSPS) is 18.7. The van der Waals surface area contributed by atoms with Gasteiger partial charge in [0.2, 0.25) is 5.88 Å². The molecule has 1 aliphatic rings. The Hall–Kier alpha value is -3.25. The summed E-state index contributed by atoms with van der Waals surface area (Å²) in [5, 5.41) is 13.2. The number of primary amides is 1. The maximum absolute atomic E-state index is 12.0. The van der Waals surface area contributed by atoms with Crippen molar-refractivity contribution < 1.29 is 14.6 Å². The first-order valence-electron chi connectivity index (χ1n) is 10.3. The summed E-state index contributed by atoms with van der Waals surface area (Å²) in [6.45, 7) is 2.04. The number of amides is 1. The number of carbonyl (C=O) groups excluding carboxylic acids is 1. The van der Waals surface area contributed by atoms with Crippen molar-refractivity contribution in [1.29, 1.82) is 0 Å². The van der Waals surface area contributed by atoms with Gasteiger partial charge >= 0.3 is 0 Å². The number of aliphatic hydroxyl groups excluding tert-OH is 1. The lowest BCUT2D eigenvalue weighted by molar-refractivity contribution is 0.100. The highest BCUT2D eigenvalue weighted by Crippen LogP contribution is 2.30. The van der Waals surface area contributed by atoms with Crippen molar-refractivity contribution in [2.24, 2.45) is 5.73 Å². The molecule has 3 aromatic rings. The summed E-state index contributed by atoms with van der Waals surface area (Å²) in [6.07, 6.45) is 4.92. The Morgan fingerprint density at radius 3 is 2.53 bits per heavy atom. The van der Waals surface area contributed by atoms with Crippen molar-refractivity contribution >= 4 is 11.6 Å². The molecule has 0 radical (unpaired) electrons. The Kier molecular flexibility index (Phi) is 5.77. The molecule has 1 aromatic heterocycles. The van der Waals surface area contributed by atoms with E-state index in [4.69, 9.17) is 10.5 Å². The van der Waals surface area contributed by atoms with E-state index in [1.54, 1.807) is 6.07 Å². The van der Waals surface area contributed by atoms with Gasteiger partial charge in [-0.15, -0.1) is 0 Å². The summed E-state index contributed by atoms with van der Waals surface area (Å²) in [4.78, 5) is 12.0. The van der Waals surface area contributed by atoms with Crippen LogP contribution in [0.3, 0.4) is 0 Å². The first-order chi connectivity index (χ1) is 14.5. The molecule has 1 saturated carbocycles. The van der Waals surface area contributed by atoms with Gasteiger partial charge in [0.05, 0.1) is 17.4 Å². The van der Waals surface area contributed by atoms with Gasteiger partial charge in [-0.3, -0.25) is 9.36 Å². The number of aromatic nitrogens is 1. The minimum atomic E-state index is -0.469. The fraction of sp³-hybridized carbons (Fsp3) is 0.292. The second kappa shape index (κ2) is 8.63. The van der Waals surface area contributed by atoms with E-state index in [1.807, 2.05) is 66.2 Å². The van der Waals surface area contributed by atoms with Crippen LogP contribution in [0.2, 0.25) is 0 Å². The van der Waals surface area contributed by atoms with Crippen molar-refractivity contribution in [2.75, 3.05) is 5.32 Å². The van der Waals surface area contributed by atoms with E-state index in [-0.39, 0.29) is 12.1 Å². The van der Waals surface area contributed by atoms with Crippen LogP contribution >= 0.6 is 0 Å². The van der Waals surface area contributed by atoms with Gasteiger partial charge in [0.25, 0.3) is 5.91 Å². The van der Waals surface area contributed by atoms with E-state index in [2.05, 4.69) is 5.32 Å². The summed E-state index contributed by atoms with van der Waals surface area (Å²) in [5.74, 6) is 0.967. The zero-order valence-electron chi connectivity index (χ0n) is 17.0. The lowest BCUT2D eigenvalue weighted by Crippen LogP contribution is -2.29. The molecule has 6 heteroatoms. The van der Waals surface area contributed by atoms with Gasteiger partial charge in [0.15, 0.2) is 0 Å². The molecule has 4 rings (SSSR count). The number of hydrogen-bond acceptors (Lipinski definition) is 4. The summed E-state index contributed by atoms with van der Waals surface area (Å²) < 4.78 is 7.99. The van der Waals surface area contributed by atoms with Crippen LogP contribution in [0.1, 0.15) is 41.6 Å². The highest BCUT2D eigenvalue weighted by molar-refractivity contribution is 5.99. The molecule has 1 aliphatic carbocycles. The summed E-state index contributed by atoms with van der Waals surface area (Å²) in [5.41, 5.74) is 8.80. The van der Waals surface area contributed by atoms with Gasteiger partial charge in [-0.1, -0.05) is 17.7 Å². The molecular formula is C24H27N3O3. The maximum Gasteiger partial charge on any atom is 0.250 e. The van der Waals surface area contributed by atoms with Crippen LogP contribution in [-0.4, -0.2) is 27.7 Å². The Balaban J connectivity index is 1.61. The molecule has 0 aliphatic heterocycles. The topological polar surface area (TPSA) is 89.5 Å². The molecular weight excluding hydrogens is 378 g/mol. The van der Waals surface area contributed by atoms with Crippen LogP contribution in [0.15, 0.2) is 60.8 Å². The van der Waals surface area contributed by atoms with Crippen molar-refractivity contribution in [1.82, 2.24) is 4.57 Å². The highest BCUT2D eigenvalue weighted by atomic mass is 16.5. The standard InChI is InChI=1S/C24H27N3O3/c1-16-4-11-20(12-5-16)30-23-3-2-14-27(23)18-8-13-21(24(25)29)22(15-18)26-17-6-9-19(28)10-7-17/h2-5,8,11-15,17,19,26,28H,6-7,9-10H2,1H3,(H2,25,29). The number of nitrogens with two attached hydrogens (primary N) is 1. The number of carbonyl (C=O) groups is 1. The van der Waals surface area contributed by atoms with E-state index in [1.165, 1.54) is 5.56 Å². The second-order valence-electron chi connectivity index (χ2n) is 7.88. The first-order valence-corrected chi connectivity index (χ1v) is 10.3. The smallest absolute Gasteiger partial charge is 0.250 e.